The normalized spacial score (nSPS) is 15.7. The predicted molar refractivity (Wildman–Crippen MR) is 232 cm³/mol. The van der Waals surface area contributed by atoms with Gasteiger partial charge in [0.15, 0.2) is 6.17 Å². The lowest BCUT2D eigenvalue weighted by molar-refractivity contribution is 0.570. The lowest BCUT2D eigenvalue weighted by atomic mass is 9.91. The summed E-state index contributed by atoms with van der Waals surface area (Å²) in [7, 11) is 0. The van der Waals surface area contributed by atoms with Crippen molar-refractivity contribution >= 4 is 78.5 Å². The lowest BCUT2D eigenvalue weighted by Gasteiger charge is -2.22. The van der Waals surface area contributed by atoms with Crippen LogP contribution in [0.5, 0.6) is 0 Å². The number of nitrogens with one attached hydrogen (secondary N) is 1. The number of amidine groups is 2. The summed E-state index contributed by atoms with van der Waals surface area (Å²) in [5.74, 6) is 1.77. The number of hydrogen-bond donors (Lipinski definition) is 1. The monoisotopic (exact) mass is 734 g/mol. The van der Waals surface area contributed by atoms with Crippen LogP contribution in [-0.4, -0.2) is 16.2 Å². The van der Waals surface area contributed by atoms with E-state index in [4.69, 9.17) is 18.8 Å². The van der Waals surface area contributed by atoms with Gasteiger partial charge in [-0.2, -0.15) is 0 Å². The molecule has 0 bridgehead atoms. The largest absolute Gasteiger partial charge is 0.456 e. The van der Waals surface area contributed by atoms with Crippen LogP contribution in [0.1, 0.15) is 40.8 Å². The van der Waals surface area contributed by atoms with Gasteiger partial charge in [0.2, 0.25) is 0 Å². The Kier molecular flexibility index (Phi) is 7.01. The van der Waals surface area contributed by atoms with Crippen LogP contribution in [0, 0.1) is 0 Å². The molecule has 10 aromatic rings. The molecule has 0 spiro atoms. The summed E-state index contributed by atoms with van der Waals surface area (Å²) >= 11 is 0. The highest BCUT2D eigenvalue weighted by Gasteiger charge is 2.23. The molecule has 12 rings (SSSR count). The van der Waals surface area contributed by atoms with Gasteiger partial charge in [-0.1, -0.05) is 121 Å². The van der Waals surface area contributed by atoms with Crippen molar-refractivity contribution in [3.05, 3.63) is 197 Å². The van der Waals surface area contributed by atoms with Gasteiger partial charge in [-0.05, 0) is 72.2 Å². The van der Waals surface area contributed by atoms with E-state index in [1.807, 2.05) is 36.4 Å². The average molecular weight is 735 g/mol. The Hall–Kier alpha value is -7.44. The number of furan rings is 2. The van der Waals surface area contributed by atoms with Crippen molar-refractivity contribution in [3.63, 3.8) is 0 Å². The van der Waals surface area contributed by atoms with Crippen LogP contribution in [0.15, 0.2) is 183 Å². The summed E-state index contributed by atoms with van der Waals surface area (Å²) in [6.07, 6.45) is 5.05. The molecule has 270 valence electrons. The number of aliphatic imine (C=N–C) groups is 2. The molecule has 0 saturated carbocycles. The van der Waals surface area contributed by atoms with Crippen LogP contribution in [0.25, 0.3) is 72.6 Å². The van der Waals surface area contributed by atoms with E-state index in [0.29, 0.717) is 0 Å². The van der Waals surface area contributed by atoms with Gasteiger partial charge >= 0.3 is 0 Å². The van der Waals surface area contributed by atoms with Gasteiger partial charge in [-0.25, -0.2) is 9.98 Å². The van der Waals surface area contributed by atoms with Gasteiger partial charge in [0.1, 0.15) is 33.8 Å². The van der Waals surface area contributed by atoms with Crippen molar-refractivity contribution in [2.75, 3.05) is 0 Å². The Bertz CT molecular complexity index is 3320. The Morgan fingerprint density at radius 2 is 1.14 bits per heavy atom. The molecule has 3 aromatic heterocycles. The SMILES string of the molecule is C1=c2oc3ccc(-n4c5ccccc5c5ccccc54)cc3c2=CC(c2ccc3c(c2)oc2ccc(C4N=C(c5ccccc5)NC(c5ccccc5)=N4)cc23)C1. The first kappa shape index (κ1) is 31.9. The summed E-state index contributed by atoms with van der Waals surface area (Å²) in [5.41, 5.74) is 11.3. The van der Waals surface area contributed by atoms with Gasteiger partial charge in [0.25, 0.3) is 0 Å². The molecule has 2 aliphatic rings. The van der Waals surface area contributed by atoms with Crippen LogP contribution in [-0.2, 0) is 0 Å². The van der Waals surface area contributed by atoms with Crippen molar-refractivity contribution in [3.8, 4) is 5.69 Å². The number of benzene rings is 7. The topological polar surface area (TPSA) is 68.0 Å². The number of fused-ring (bicyclic) bond motifs is 9. The molecule has 1 unspecified atom stereocenters. The Morgan fingerprint density at radius 1 is 0.509 bits per heavy atom. The molecule has 0 fully saturated rings. The van der Waals surface area contributed by atoms with E-state index in [0.717, 1.165) is 84.0 Å². The number of rotatable bonds is 5. The fourth-order valence-electron chi connectivity index (χ4n) is 8.81. The highest BCUT2D eigenvalue weighted by molar-refractivity contribution is 6.16. The zero-order chi connectivity index (χ0) is 37.5. The molecule has 1 aliphatic carbocycles. The van der Waals surface area contributed by atoms with Gasteiger partial charge in [-0.15, -0.1) is 0 Å². The molecular formula is C51H34N4O2. The molecule has 0 saturated heterocycles. The Balaban J connectivity index is 0.919. The van der Waals surface area contributed by atoms with Crippen molar-refractivity contribution in [1.82, 2.24) is 9.88 Å². The van der Waals surface area contributed by atoms with Crippen LogP contribution >= 0.6 is 0 Å². The maximum Gasteiger partial charge on any atom is 0.169 e. The van der Waals surface area contributed by atoms with Crippen LogP contribution in [0.2, 0.25) is 0 Å². The Morgan fingerprint density at radius 3 is 1.86 bits per heavy atom. The molecule has 0 radical (unpaired) electrons. The maximum atomic E-state index is 6.53. The minimum absolute atomic E-state index is 0.176. The van der Waals surface area contributed by atoms with Crippen molar-refractivity contribution in [2.45, 2.75) is 18.5 Å². The molecule has 1 aliphatic heterocycles. The summed E-state index contributed by atoms with van der Waals surface area (Å²) in [6.45, 7) is 0. The lowest BCUT2D eigenvalue weighted by Crippen LogP contribution is -2.35. The second-order valence-corrected chi connectivity index (χ2v) is 14.9. The third-order valence-corrected chi connectivity index (χ3v) is 11.6. The van der Waals surface area contributed by atoms with E-state index >= 15 is 0 Å². The van der Waals surface area contributed by atoms with Crippen molar-refractivity contribution < 1.29 is 8.83 Å². The molecule has 7 aromatic carbocycles. The first-order chi connectivity index (χ1) is 28.2. The molecule has 0 amide bonds. The highest BCUT2D eigenvalue weighted by atomic mass is 16.3. The van der Waals surface area contributed by atoms with E-state index in [9.17, 15) is 0 Å². The van der Waals surface area contributed by atoms with E-state index in [2.05, 4.69) is 149 Å². The smallest absolute Gasteiger partial charge is 0.169 e. The fraction of sp³-hybridized carbons (Fsp3) is 0.0588. The number of nitrogens with zero attached hydrogens (tertiary/aromatic N) is 3. The number of hydrogen-bond acceptors (Lipinski definition) is 5. The summed E-state index contributed by atoms with van der Waals surface area (Å²) in [6, 6.07) is 57.3. The summed E-state index contributed by atoms with van der Waals surface area (Å²) in [5, 5.41) is 10.4. The Labute approximate surface area is 327 Å². The molecule has 6 heteroatoms. The summed E-state index contributed by atoms with van der Waals surface area (Å²) < 4.78 is 15.3. The van der Waals surface area contributed by atoms with Gasteiger partial charge in [0, 0.05) is 54.9 Å². The minimum Gasteiger partial charge on any atom is -0.456 e. The van der Waals surface area contributed by atoms with E-state index in [1.54, 1.807) is 0 Å². The fourth-order valence-corrected chi connectivity index (χ4v) is 8.81. The zero-order valence-corrected chi connectivity index (χ0v) is 30.8. The van der Waals surface area contributed by atoms with E-state index in [1.165, 1.54) is 27.4 Å². The molecule has 6 nitrogen and oxygen atoms in total. The van der Waals surface area contributed by atoms with Crippen LogP contribution in [0.4, 0.5) is 0 Å². The standard InChI is InChI=1S/C51H34N4O2/c1-3-11-31(12-4-1)49-52-50(32-13-5-2-6-14-32)54-51(53-49)35-21-25-45-40(28-35)39-23-19-34(29-48(39)57-45)33-20-24-46-41(27-33)42-30-36(22-26-47(42)56-46)55-43-17-9-7-15-37(43)38-16-8-10-18-44(38)55/h1-19,21-30,33,51H,20H2,(H,52,53,54). The highest BCUT2D eigenvalue weighted by Crippen LogP contribution is 2.37. The molecule has 1 N–H and O–H groups in total. The van der Waals surface area contributed by atoms with Gasteiger partial charge in [0.05, 0.1) is 11.0 Å². The van der Waals surface area contributed by atoms with E-state index in [-0.39, 0.29) is 5.92 Å². The van der Waals surface area contributed by atoms with Crippen molar-refractivity contribution in [2.24, 2.45) is 9.98 Å². The zero-order valence-electron chi connectivity index (χ0n) is 30.8. The molecular weight excluding hydrogens is 701 g/mol. The molecule has 1 atom stereocenters. The van der Waals surface area contributed by atoms with E-state index < -0.39 is 6.17 Å². The third-order valence-electron chi connectivity index (χ3n) is 11.6. The van der Waals surface area contributed by atoms with Gasteiger partial charge in [-0.3, -0.25) is 0 Å². The van der Waals surface area contributed by atoms with Crippen LogP contribution < -0.4 is 16.0 Å². The maximum absolute atomic E-state index is 6.53. The quantitative estimate of drug-likeness (QED) is 0.191. The van der Waals surface area contributed by atoms with Gasteiger partial charge < -0.3 is 18.7 Å². The first-order valence-corrected chi connectivity index (χ1v) is 19.4. The summed E-state index contributed by atoms with van der Waals surface area (Å²) in [4.78, 5) is 10.2. The first-order valence-electron chi connectivity index (χ1n) is 19.4. The minimum atomic E-state index is -0.410. The molecule has 57 heavy (non-hydrogen) atoms. The predicted octanol–water partition coefficient (Wildman–Crippen LogP) is 10.7. The van der Waals surface area contributed by atoms with Crippen LogP contribution in [0.3, 0.4) is 0 Å². The number of aromatic nitrogens is 1. The second kappa shape index (κ2) is 12.5. The second-order valence-electron chi connectivity index (χ2n) is 14.9. The number of para-hydroxylation sites is 2. The average Bonchev–Trinajstić information content (AvgIpc) is 3.95. The third kappa shape index (κ3) is 5.18. The molecule has 4 heterocycles. The van der Waals surface area contributed by atoms with Crippen molar-refractivity contribution in [1.29, 1.82) is 0 Å².